The van der Waals surface area contributed by atoms with Crippen LogP contribution in [0.15, 0.2) is 0 Å². The third-order valence-corrected chi connectivity index (χ3v) is 8.13. The molecule has 2 heterocycles. The maximum atomic E-state index is 12.3. The molecule has 2 fully saturated rings. The SMILES string of the molecule is CC1CCN(S(=O)(=O)C2CCS(=O)(=O)C2)CC1O. The summed E-state index contributed by atoms with van der Waals surface area (Å²) in [6.45, 7) is 2.34. The van der Waals surface area contributed by atoms with Crippen LogP contribution in [-0.2, 0) is 19.9 Å². The summed E-state index contributed by atoms with van der Waals surface area (Å²) in [5.41, 5.74) is 0. The lowest BCUT2D eigenvalue weighted by Gasteiger charge is -2.34. The number of β-amino-alcohol motifs (C(OH)–C–C–N with tert-alkyl or cyclic N) is 1. The molecule has 8 heteroatoms. The Balaban J connectivity index is 2.13. The van der Waals surface area contributed by atoms with Crippen molar-refractivity contribution >= 4 is 19.9 Å². The van der Waals surface area contributed by atoms with Crippen molar-refractivity contribution in [3.63, 3.8) is 0 Å². The van der Waals surface area contributed by atoms with E-state index in [0.29, 0.717) is 13.0 Å². The number of hydrogen-bond donors (Lipinski definition) is 1. The van der Waals surface area contributed by atoms with Gasteiger partial charge in [0.25, 0.3) is 0 Å². The van der Waals surface area contributed by atoms with Crippen LogP contribution >= 0.6 is 0 Å². The first kappa shape index (κ1) is 14.2. The van der Waals surface area contributed by atoms with Crippen molar-refractivity contribution in [2.75, 3.05) is 24.6 Å². The first-order valence-electron chi connectivity index (χ1n) is 6.10. The molecule has 2 saturated heterocycles. The van der Waals surface area contributed by atoms with E-state index in [0.717, 1.165) is 0 Å². The summed E-state index contributed by atoms with van der Waals surface area (Å²) in [6.07, 6.45) is 0.124. The summed E-state index contributed by atoms with van der Waals surface area (Å²) in [5.74, 6) is -0.245. The standard InChI is InChI=1S/C10H19NO5S2/c1-8-2-4-11(6-10(8)12)18(15,16)9-3-5-17(13,14)7-9/h8-10,12H,2-7H2,1H3. The molecule has 0 spiro atoms. The van der Waals surface area contributed by atoms with E-state index in [1.807, 2.05) is 6.92 Å². The Morgan fingerprint density at radius 2 is 1.94 bits per heavy atom. The van der Waals surface area contributed by atoms with Gasteiger partial charge in [-0.15, -0.1) is 0 Å². The van der Waals surface area contributed by atoms with E-state index in [1.165, 1.54) is 4.31 Å². The first-order chi connectivity index (χ1) is 8.22. The molecule has 6 nitrogen and oxygen atoms in total. The van der Waals surface area contributed by atoms with Gasteiger partial charge in [0.05, 0.1) is 22.9 Å². The topological polar surface area (TPSA) is 91.8 Å². The number of sulfone groups is 1. The van der Waals surface area contributed by atoms with E-state index in [2.05, 4.69) is 0 Å². The van der Waals surface area contributed by atoms with Gasteiger partial charge in [-0.25, -0.2) is 16.8 Å². The van der Waals surface area contributed by atoms with Crippen LogP contribution in [0.5, 0.6) is 0 Å². The van der Waals surface area contributed by atoms with Gasteiger partial charge in [0.1, 0.15) is 0 Å². The molecule has 0 aromatic heterocycles. The molecule has 0 aromatic rings. The minimum absolute atomic E-state index is 0.0519. The highest BCUT2D eigenvalue weighted by molar-refractivity contribution is 7.95. The van der Waals surface area contributed by atoms with Gasteiger partial charge in [-0.3, -0.25) is 0 Å². The minimum Gasteiger partial charge on any atom is -0.391 e. The van der Waals surface area contributed by atoms with E-state index in [4.69, 9.17) is 0 Å². The zero-order chi connectivity index (χ0) is 13.6. The molecule has 3 atom stereocenters. The summed E-state index contributed by atoms with van der Waals surface area (Å²) in [6, 6.07) is 0. The van der Waals surface area contributed by atoms with Crippen LogP contribution < -0.4 is 0 Å². The highest BCUT2D eigenvalue weighted by Crippen LogP contribution is 2.26. The predicted molar refractivity (Wildman–Crippen MR) is 67.3 cm³/mol. The molecule has 18 heavy (non-hydrogen) atoms. The Morgan fingerprint density at radius 1 is 1.28 bits per heavy atom. The molecular weight excluding hydrogens is 278 g/mol. The monoisotopic (exact) mass is 297 g/mol. The molecule has 0 aromatic carbocycles. The zero-order valence-corrected chi connectivity index (χ0v) is 12.0. The van der Waals surface area contributed by atoms with E-state index >= 15 is 0 Å². The molecular formula is C10H19NO5S2. The summed E-state index contributed by atoms with van der Waals surface area (Å²) in [7, 11) is -6.80. The molecule has 0 saturated carbocycles. The highest BCUT2D eigenvalue weighted by Gasteiger charge is 2.42. The summed E-state index contributed by atoms with van der Waals surface area (Å²) in [4.78, 5) is 0. The normalized spacial score (nSPS) is 37.8. The molecule has 2 aliphatic heterocycles. The summed E-state index contributed by atoms with van der Waals surface area (Å²) < 4.78 is 48.5. The molecule has 106 valence electrons. The number of piperidine rings is 1. The van der Waals surface area contributed by atoms with Gasteiger partial charge in [0, 0.05) is 13.1 Å². The van der Waals surface area contributed by atoms with Crippen LogP contribution in [0.2, 0.25) is 0 Å². The number of nitrogens with zero attached hydrogens (tertiary/aromatic N) is 1. The minimum atomic E-state index is -3.59. The second-order valence-corrected chi connectivity index (χ2v) is 9.70. The van der Waals surface area contributed by atoms with Crippen LogP contribution in [0.1, 0.15) is 19.8 Å². The molecule has 1 N–H and O–H groups in total. The second-order valence-electron chi connectivity index (χ2n) is 5.26. The van der Waals surface area contributed by atoms with Crippen LogP contribution in [0.3, 0.4) is 0 Å². The lowest BCUT2D eigenvalue weighted by Crippen LogP contribution is -2.49. The molecule has 0 amide bonds. The van der Waals surface area contributed by atoms with E-state index in [9.17, 15) is 21.9 Å². The largest absolute Gasteiger partial charge is 0.391 e. The quantitative estimate of drug-likeness (QED) is 0.721. The van der Waals surface area contributed by atoms with Gasteiger partial charge in [0.2, 0.25) is 10.0 Å². The number of rotatable bonds is 2. The fourth-order valence-electron chi connectivity index (χ4n) is 2.46. The van der Waals surface area contributed by atoms with Crippen molar-refractivity contribution in [3.05, 3.63) is 0 Å². The van der Waals surface area contributed by atoms with Crippen molar-refractivity contribution < 1.29 is 21.9 Å². The van der Waals surface area contributed by atoms with Gasteiger partial charge in [-0.05, 0) is 18.8 Å². The number of sulfonamides is 1. The van der Waals surface area contributed by atoms with Gasteiger partial charge in [-0.1, -0.05) is 6.92 Å². The molecule has 0 bridgehead atoms. The summed E-state index contributed by atoms with van der Waals surface area (Å²) >= 11 is 0. The fraction of sp³-hybridized carbons (Fsp3) is 1.00. The van der Waals surface area contributed by atoms with Crippen molar-refractivity contribution in [2.45, 2.75) is 31.1 Å². The van der Waals surface area contributed by atoms with Crippen LogP contribution in [0.4, 0.5) is 0 Å². The van der Waals surface area contributed by atoms with Gasteiger partial charge in [0.15, 0.2) is 9.84 Å². The highest BCUT2D eigenvalue weighted by atomic mass is 32.2. The third kappa shape index (κ3) is 2.71. The van der Waals surface area contributed by atoms with Crippen LogP contribution in [0, 0.1) is 5.92 Å². The maximum absolute atomic E-state index is 12.3. The van der Waals surface area contributed by atoms with Crippen LogP contribution in [0.25, 0.3) is 0 Å². The fourth-order valence-corrected chi connectivity index (χ4v) is 7.02. The third-order valence-electron chi connectivity index (χ3n) is 3.85. The van der Waals surface area contributed by atoms with E-state index in [1.54, 1.807) is 0 Å². The predicted octanol–water partition coefficient (Wildman–Crippen LogP) is -0.794. The molecule has 2 aliphatic rings. The van der Waals surface area contributed by atoms with Crippen molar-refractivity contribution in [2.24, 2.45) is 5.92 Å². The molecule has 0 radical (unpaired) electrons. The van der Waals surface area contributed by atoms with Gasteiger partial charge >= 0.3 is 0 Å². The van der Waals surface area contributed by atoms with Crippen molar-refractivity contribution in [3.8, 4) is 0 Å². The van der Waals surface area contributed by atoms with E-state index < -0.39 is 31.2 Å². The average molecular weight is 297 g/mol. The average Bonchev–Trinajstić information content (AvgIpc) is 2.63. The number of aliphatic hydroxyl groups excluding tert-OH is 1. The number of hydrogen-bond acceptors (Lipinski definition) is 5. The Kier molecular flexibility index (Phi) is 3.74. The van der Waals surface area contributed by atoms with Crippen molar-refractivity contribution in [1.82, 2.24) is 4.31 Å². The first-order valence-corrected chi connectivity index (χ1v) is 9.42. The molecule has 0 aliphatic carbocycles. The van der Waals surface area contributed by atoms with Crippen molar-refractivity contribution in [1.29, 1.82) is 0 Å². The number of aliphatic hydroxyl groups is 1. The van der Waals surface area contributed by atoms with Gasteiger partial charge in [-0.2, -0.15) is 4.31 Å². The van der Waals surface area contributed by atoms with Gasteiger partial charge < -0.3 is 5.11 Å². The Labute approximate surface area is 108 Å². The molecule has 2 rings (SSSR count). The zero-order valence-electron chi connectivity index (χ0n) is 10.3. The Hall–Kier alpha value is -0.180. The Morgan fingerprint density at radius 3 is 2.44 bits per heavy atom. The lowest BCUT2D eigenvalue weighted by atomic mass is 9.98. The molecule has 3 unspecified atom stereocenters. The maximum Gasteiger partial charge on any atom is 0.218 e. The van der Waals surface area contributed by atoms with Crippen LogP contribution in [-0.4, -0.2) is 62.2 Å². The smallest absolute Gasteiger partial charge is 0.218 e. The summed E-state index contributed by atoms with van der Waals surface area (Å²) in [5, 5.41) is 8.90. The van der Waals surface area contributed by atoms with E-state index in [-0.39, 0.29) is 30.4 Å². The lowest BCUT2D eigenvalue weighted by molar-refractivity contribution is 0.0602. The second kappa shape index (κ2) is 4.73. The Bertz CT molecular complexity index is 512.